The number of aryl methyl sites for hydroxylation is 1. The van der Waals surface area contributed by atoms with Gasteiger partial charge in [0.2, 0.25) is 5.56 Å². The maximum absolute atomic E-state index is 12.5. The Hall–Kier alpha value is -2.40. The number of rotatable bonds is 6. The van der Waals surface area contributed by atoms with Gasteiger partial charge in [0.05, 0.1) is 0 Å². The molecule has 5 heteroatoms. The molecule has 0 saturated carbocycles. The number of pyridine rings is 1. The zero-order valence-corrected chi connectivity index (χ0v) is 12.6. The number of aliphatic hydroxyl groups is 1. The van der Waals surface area contributed by atoms with Gasteiger partial charge < -0.3 is 15.0 Å². The van der Waals surface area contributed by atoms with E-state index >= 15 is 0 Å². The third-order valence-corrected chi connectivity index (χ3v) is 3.37. The van der Waals surface area contributed by atoms with E-state index in [2.05, 4.69) is 4.98 Å². The van der Waals surface area contributed by atoms with Crippen molar-refractivity contribution in [2.24, 2.45) is 0 Å². The number of benzene rings is 1. The molecule has 0 bridgehead atoms. The number of aromatic nitrogens is 1. The minimum absolute atomic E-state index is 0.0169. The first-order valence-electron chi connectivity index (χ1n) is 7.25. The van der Waals surface area contributed by atoms with Crippen LogP contribution in [0, 0.1) is 6.92 Å². The van der Waals surface area contributed by atoms with Crippen LogP contribution < -0.4 is 5.56 Å². The number of nitrogens with one attached hydrogen (secondary N) is 1. The van der Waals surface area contributed by atoms with Crippen molar-refractivity contribution in [2.75, 3.05) is 13.2 Å². The van der Waals surface area contributed by atoms with Gasteiger partial charge >= 0.3 is 0 Å². The van der Waals surface area contributed by atoms with Crippen LogP contribution >= 0.6 is 0 Å². The van der Waals surface area contributed by atoms with Crippen LogP contribution in [0.1, 0.15) is 28.0 Å². The summed E-state index contributed by atoms with van der Waals surface area (Å²) in [7, 11) is 0. The lowest BCUT2D eigenvalue weighted by Gasteiger charge is -2.22. The highest BCUT2D eigenvalue weighted by molar-refractivity contribution is 5.92. The molecule has 1 amide bonds. The first-order chi connectivity index (χ1) is 10.6. The summed E-state index contributed by atoms with van der Waals surface area (Å²) in [5.41, 5.74) is 2.13. The van der Waals surface area contributed by atoms with Crippen molar-refractivity contribution in [2.45, 2.75) is 19.9 Å². The summed E-state index contributed by atoms with van der Waals surface area (Å²) in [6, 6.07) is 12.5. The number of hydrogen-bond acceptors (Lipinski definition) is 3. The number of hydrogen-bond donors (Lipinski definition) is 2. The third-order valence-electron chi connectivity index (χ3n) is 3.37. The highest BCUT2D eigenvalue weighted by atomic mass is 16.3. The topological polar surface area (TPSA) is 73.4 Å². The summed E-state index contributed by atoms with van der Waals surface area (Å²) in [5, 5.41) is 9.02. The highest BCUT2D eigenvalue weighted by Gasteiger charge is 2.16. The van der Waals surface area contributed by atoms with Crippen molar-refractivity contribution in [3.05, 3.63) is 69.6 Å². The zero-order chi connectivity index (χ0) is 15.9. The van der Waals surface area contributed by atoms with Gasteiger partial charge in [0.1, 0.15) is 5.69 Å². The molecule has 1 heterocycles. The summed E-state index contributed by atoms with van der Waals surface area (Å²) in [6.07, 6.45) is 0.495. The summed E-state index contributed by atoms with van der Waals surface area (Å²) >= 11 is 0. The van der Waals surface area contributed by atoms with Crippen LogP contribution in [0.15, 0.2) is 47.3 Å². The first-order valence-corrected chi connectivity index (χ1v) is 7.25. The molecule has 0 unspecified atom stereocenters. The standard InChI is InChI=1S/C17H20N2O3/c1-13-6-8-14(9-7-13)12-19(10-3-11-20)17(22)15-4-2-5-16(21)18-15/h2,4-9,20H,3,10-12H2,1H3,(H,18,21). The fraction of sp³-hybridized carbons (Fsp3) is 0.294. The van der Waals surface area contributed by atoms with Gasteiger partial charge in [0, 0.05) is 25.8 Å². The summed E-state index contributed by atoms with van der Waals surface area (Å²) in [4.78, 5) is 28.1. The van der Waals surface area contributed by atoms with E-state index < -0.39 is 0 Å². The van der Waals surface area contributed by atoms with Crippen LogP contribution in [0.2, 0.25) is 0 Å². The quantitative estimate of drug-likeness (QED) is 0.853. The Balaban J connectivity index is 2.19. The Morgan fingerprint density at radius 3 is 2.55 bits per heavy atom. The van der Waals surface area contributed by atoms with Crippen molar-refractivity contribution in [1.82, 2.24) is 9.88 Å². The van der Waals surface area contributed by atoms with Crippen LogP contribution in [0.25, 0.3) is 0 Å². The number of nitrogens with zero attached hydrogens (tertiary/aromatic N) is 1. The Morgan fingerprint density at radius 1 is 1.18 bits per heavy atom. The van der Waals surface area contributed by atoms with E-state index in [1.54, 1.807) is 17.0 Å². The van der Waals surface area contributed by atoms with E-state index in [-0.39, 0.29) is 23.8 Å². The van der Waals surface area contributed by atoms with Crippen molar-refractivity contribution in [1.29, 1.82) is 0 Å². The SMILES string of the molecule is Cc1ccc(CN(CCCO)C(=O)c2cccc(=O)[nH]2)cc1. The van der Waals surface area contributed by atoms with E-state index in [4.69, 9.17) is 5.11 Å². The minimum atomic E-state index is -0.303. The van der Waals surface area contributed by atoms with E-state index in [0.717, 1.165) is 11.1 Å². The maximum atomic E-state index is 12.5. The molecule has 2 rings (SSSR count). The van der Waals surface area contributed by atoms with E-state index in [9.17, 15) is 9.59 Å². The fourth-order valence-electron chi connectivity index (χ4n) is 2.17. The molecule has 0 aliphatic carbocycles. The second-order valence-corrected chi connectivity index (χ2v) is 5.22. The molecule has 0 aliphatic heterocycles. The van der Waals surface area contributed by atoms with Crippen molar-refractivity contribution in [3.8, 4) is 0 Å². The van der Waals surface area contributed by atoms with Gasteiger partial charge in [0.15, 0.2) is 0 Å². The first kappa shape index (κ1) is 16.0. The zero-order valence-electron chi connectivity index (χ0n) is 12.6. The molecule has 1 aromatic carbocycles. The second kappa shape index (κ2) is 7.56. The molecule has 22 heavy (non-hydrogen) atoms. The smallest absolute Gasteiger partial charge is 0.270 e. The number of aromatic amines is 1. The van der Waals surface area contributed by atoms with Crippen LogP contribution in [0.5, 0.6) is 0 Å². The van der Waals surface area contributed by atoms with Gasteiger partial charge in [-0.15, -0.1) is 0 Å². The molecule has 0 aliphatic rings. The molecule has 0 spiro atoms. The third kappa shape index (κ3) is 4.30. The predicted octanol–water partition coefficient (Wildman–Crippen LogP) is 1.71. The maximum Gasteiger partial charge on any atom is 0.270 e. The largest absolute Gasteiger partial charge is 0.396 e. The summed E-state index contributed by atoms with van der Waals surface area (Å²) in [5.74, 6) is -0.244. The van der Waals surface area contributed by atoms with Crippen LogP contribution in [-0.2, 0) is 6.54 Å². The molecule has 1 aromatic heterocycles. The molecular weight excluding hydrogens is 280 g/mol. The van der Waals surface area contributed by atoms with Gasteiger partial charge in [-0.3, -0.25) is 9.59 Å². The highest BCUT2D eigenvalue weighted by Crippen LogP contribution is 2.10. The molecular formula is C17H20N2O3. The lowest BCUT2D eigenvalue weighted by Crippen LogP contribution is -2.33. The number of carbonyl (C=O) groups excluding carboxylic acids is 1. The molecule has 2 N–H and O–H groups in total. The van der Waals surface area contributed by atoms with Gasteiger partial charge in [-0.2, -0.15) is 0 Å². The van der Waals surface area contributed by atoms with Gasteiger partial charge in [-0.1, -0.05) is 35.9 Å². The monoisotopic (exact) mass is 300 g/mol. The minimum Gasteiger partial charge on any atom is -0.396 e. The number of aliphatic hydroxyl groups excluding tert-OH is 1. The molecule has 5 nitrogen and oxygen atoms in total. The molecule has 0 radical (unpaired) electrons. The van der Waals surface area contributed by atoms with Gasteiger partial charge in [-0.05, 0) is 25.0 Å². The van der Waals surface area contributed by atoms with Crippen LogP contribution in [0.3, 0.4) is 0 Å². The van der Waals surface area contributed by atoms with E-state index in [1.165, 1.54) is 6.07 Å². The van der Waals surface area contributed by atoms with E-state index in [0.29, 0.717) is 19.5 Å². The van der Waals surface area contributed by atoms with Crippen molar-refractivity contribution < 1.29 is 9.90 Å². The normalized spacial score (nSPS) is 10.5. The van der Waals surface area contributed by atoms with Crippen LogP contribution in [0.4, 0.5) is 0 Å². The number of H-pyrrole nitrogens is 1. The van der Waals surface area contributed by atoms with Crippen molar-refractivity contribution in [3.63, 3.8) is 0 Å². The van der Waals surface area contributed by atoms with E-state index in [1.807, 2.05) is 31.2 Å². The lowest BCUT2D eigenvalue weighted by atomic mass is 10.1. The average Bonchev–Trinajstić information content (AvgIpc) is 2.52. The molecule has 2 aromatic rings. The van der Waals surface area contributed by atoms with Crippen LogP contribution in [-0.4, -0.2) is 34.0 Å². The molecule has 116 valence electrons. The second-order valence-electron chi connectivity index (χ2n) is 5.22. The van der Waals surface area contributed by atoms with Crippen molar-refractivity contribution >= 4 is 5.91 Å². The molecule has 0 fully saturated rings. The summed E-state index contributed by atoms with van der Waals surface area (Å²) in [6.45, 7) is 2.90. The fourth-order valence-corrected chi connectivity index (χ4v) is 2.17. The molecule has 0 atom stereocenters. The number of carbonyl (C=O) groups is 1. The van der Waals surface area contributed by atoms with Gasteiger partial charge in [-0.25, -0.2) is 0 Å². The Kier molecular flexibility index (Phi) is 5.49. The Morgan fingerprint density at radius 2 is 1.91 bits per heavy atom. The molecule has 0 saturated heterocycles. The predicted molar refractivity (Wildman–Crippen MR) is 84.7 cm³/mol. The average molecular weight is 300 g/mol. The Bertz CT molecular complexity index is 677. The number of amides is 1. The lowest BCUT2D eigenvalue weighted by molar-refractivity contribution is 0.0726. The van der Waals surface area contributed by atoms with Gasteiger partial charge in [0.25, 0.3) is 5.91 Å². The Labute approximate surface area is 129 Å². The summed E-state index contributed by atoms with van der Waals surface area (Å²) < 4.78 is 0.